The number of ether oxygens (including phenoxy) is 1. The number of methoxy groups -OCH3 is 1. The number of hydrogen-bond acceptors (Lipinski definition) is 5. The molecule has 23 heavy (non-hydrogen) atoms. The number of sulfonamides is 1. The molecule has 1 unspecified atom stereocenters. The first kappa shape index (κ1) is 18.7. The molecule has 0 aliphatic carbocycles. The van der Waals surface area contributed by atoms with E-state index in [-0.39, 0.29) is 4.91 Å². The van der Waals surface area contributed by atoms with E-state index in [1.165, 1.54) is 21.0 Å². The maximum Gasteiger partial charge on any atom is 0.329 e. The Balaban J connectivity index is 2.90. The number of carbonyl (C=O) groups is 2. The van der Waals surface area contributed by atoms with Gasteiger partial charge in [-0.25, -0.2) is 22.7 Å². The lowest BCUT2D eigenvalue weighted by Gasteiger charge is -2.14. The number of allylic oxidation sites excluding steroid dienone is 2. The average molecular weight is 340 g/mol. The summed E-state index contributed by atoms with van der Waals surface area (Å²) in [6.07, 6.45) is 0. The maximum absolute atomic E-state index is 12.2. The highest BCUT2D eigenvalue weighted by Gasteiger charge is 2.22. The molecule has 0 bridgehead atoms. The summed E-state index contributed by atoms with van der Waals surface area (Å²) >= 11 is 0. The fourth-order valence-electron chi connectivity index (χ4n) is 1.75. The Kier molecular flexibility index (Phi) is 6.32. The molecule has 0 fully saturated rings. The second-order valence-electron chi connectivity index (χ2n) is 4.87. The predicted molar refractivity (Wildman–Crippen MR) is 86.8 cm³/mol. The van der Waals surface area contributed by atoms with E-state index in [2.05, 4.69) is 10.1 Å². The zero-order valence-electron chi connectivity index (χ0n) is 13.4. The van der Waals surface area contributed by atoms with E-state index in [0.29, 0.717) is 5.57 Å². The number of urea groups is 1. The molecule has 1 atom stereocenters. The van der Waals surface area contributed by atoms with Gasteiger partial charge in [0.2, 0.25) is 0 Å². The fourth-order valence-corrected chi connectivity index (χ4v) is 2.73. The summed E-state index contributed by atoms with van der Waals surface area (Å²) < 4.78 is 30.8. The first-order valence-electron chi connectivity index (χ1n) is 6.83. The molecule has 0 aromatic heterocycles. The number of amides is 2. The normalized spacial score (nSPS) is 13.6. The van der Waals surface area contributed by atoms with Crippen molar-refractivity contribution in [1.82, 2.24) is 10.0 Å². The Morgan fingerprint density at radius 2 is 1.70 bits per heavy atom. The highest BCUT2D eigenvalue weighted by Crippen LogP contribution is 2.20. The molecular weight excluding hydrogens is 320 g/mol. The van der Waals surface area contributed by atoms with Crippen molar-refractivity contribution in [3.63, 3.8) is 0 Å². The van der Waals surface area contributed by atoms with Crippen molar-refractivity contribution in [1.29, 1.82) is 0 Å². The smallest absolute Gasteiger partial charge is 0.329 e. The van der Waals surface area contributed by atoms with Gasteiger partial charge in [0.05, 0.1) is 12.0 Å². The van der Waals surface area contributed by atoms with E-state index >= 15 is 0 Å². The van der Waals surface area contributed by atoms with Crippen molar-refractivity contribution in [3.8, 4) is 0 Å². The molecule has 0 saturated heterocycles. The zero-order chi connectivity index (χ0) is 17.6. The summed E-state index contributed by atoms with van der Waals surface area (Å²) in [5.74, 6) is -0.676. The average Bonchev–Trinajstić information content (AvgIpc) is 2.52. The lowest BCUT2D eigenvalue weighted by atomic mass is 10.1. The van der Waals surface area contributed by atoms with Crippen LogP contribution >= 0.6 is 0 Å². The number of carbonyl (C=O) groups excluding carboxylic acids is 2. The molecule has 126 valence electrons. The van der Waals surface area contributed by atoms with Gasteiger partial charge in [0.25, 0.3) is 10.0 Å². The summed E-state index contributed by atoms with van der Waals surface area (Å²) in [6, 6.07) is 6.98. The molecule has 0 radical (unpaired) electrons. The molecule has 1 rings (SSSR count). The van der Waals surface area contributed by atoms with Crippen molar-refractivity contribution in [2.75, 3.05) is 7.11 Å². The van der Waals surface area contributed by atoms with Crippen LogP contribution in [-0.2, 0) is 19.6 Å². The van der Waals surface area contributed by atoms with E-state index < -0.39 is 28.1 Å². The molecule has 0 spiro atoms. The van der Waals surface area contributed by atoms with Crippen molar-refractivity contribution in [3.05, 3.63) is 40.8 Å². The Hall–Kier alpha value is -2.35. The van der Waals surface area contributed by atoms with Gasteiger partial charge in [-0.3, -0.25) is 0 Å². The van der Waals surface area contributed by atoms with Gasteiger partial charge in [0, 0.05) is 0 Å². The predicted octanol–water partition coefficient (Wildman–Crippen LogP) is 1.63. The Bertz CT molecular complexity index is 711. The van der Waals surface area contributed by atoms with E-state index in [1.54, 1.807) is 31.2 Å². The topological polar surface area (TPSA) is 102 Å². The second-order valence-corrected chi connectivity index (χ2v) is 6.69. The SMILES string of the molecule is COC(=O)C(C)NC(=O)NS(=O)(=O)C(C)=C(C)c1ccccc1. The molecule has 1 aromatic carbocycles. The van der Waals surface area contributed by atoms with Crippen LogP contribution in [0.25, 0.3) is 5.57 Å². The van der Waals surface area contributed by atoms with Gasteiger partial charge in [-0.1, -0.05) is 30.3 Å². The van der Waals surface area contributed by atoms with E-state index in [0.717, 1.165) is 5.56 Å². The van der Waals surface area contributed by atoms with Crippen LogP contribution in [0.3, 0.4) is 0 Å². The van der Waals surface area contributed by atoms with Crippen LogP contribution in [-0.4, -0.2) is 33.6 Å². The summed E-state index contributed by atoms with van der Waals surface area (Å²) in [6.45, 7) is 4.44. The molecule has 0 aliphatic rings. The Morgan fingerprint density at radius 1 is 1.13 bits per heavy atom. The fraction of sp³-hybridized carbons (Fsp3) is 0.333. The van der Waals surface area contributed by atoms with Gasteiger partial charge in [-0.2, -0.15) is 0 Å². The molecule has 2 amide bonds. The Morgan fingerprint density at radius 3 is 2.22 bits per heavy atom. The molecule has 0 aliphatic heterocycles. The number of rotatable bonds is 5. The van der Waals surface area contributed by atoms with Crippen LogP contribution in [0.4, 0.5) is 4.79 Å². The number of nitrogens with one attached hydrogen (secondary N) is 2. The van der Waals surface area contributed by atoms with Crippen molar-refractivity contribution in [2.24, 2.45) is 0 Å². The molecule has 0 heterocycles. The summed E-state index contributed by atoms with van der Waals surface area (Å²) in [5.41, 5.74) is 1.26. The first-order chi connectivity index (χ1) is 10.7. The summed E-state index contributed by atoms with van der Waals surface area (Å²) in [5, 5.41) is 2.19. The van der Waals surface area contributed by atoms with Gasteiger partial charge in [-0.15, -0.1) is 0 Å². The minimum absolute atomic E-state index is 0.0181. The lowest BCUT2D eigenvalue weighted by Crippen LogP contribution is -2.46. The largest absolute Gasteiger partial charge is 0.467 e. The van der Waals surface area contributed by atoms with Crippen molar-refractivity contribution in [2.45, 2.75) is 26.8 Å². The molecule has 8 heteroatoms. The quantitative estimate of drug-likeness (QED) is 0.793. The van der Waals surface area contributed by atoms with Crippen LogP contribution in [0.15, 0.2) is 35.2 Å². The number of benzene rings is 1. The van der Waals surface area contributed by atoms with E-state index in [1.807, 2.05) is 10.8 Å². The van der Waals surface area contributed by atoms with Gasteiger partial charge >= 0.3 is 12.0 Å². The van der Waals surface area contributed by atoms with Gasteiger partial charge in [0.1, 0.15) is 6.04 Å². The van der Waals surface area contributed by atoms with E-state index in [4.69, 9.17) is 0 Å². The third kappa shape index (κ3) is 5.10. The van der Waals surface area contributed by atoms with Crippen LogP contribution in [0.2, 0.25) is 0 Å². The number of esters is 1. The summed E-state index contributed by atoms with van der Waals surface area (Å²) in [4.78, 5) is 23.0. The minimum atomic E-state index is -4.02. The van der Waals surface area contributed by atoms with Crippen LogP contribution in [0.5, 0.6) is 0 Å². The van der Waals surface area contributed by atoms with Crippen LogP contribution in [0, 0.1) is 0 Å². The molecule has 2 N–H and O–H groups in total. The minimum Gasteiger partial charge on any atom is -0.467 e. The monoisotopic (exact) mass is 340 g/mol. The molecule has 0 saturated carbocycles. The number of hydrogen-bond donors (Lipinski definition) is 2. The second kappa shape index (κ2) is 7.77. The highest BCUT2D eigenvalue weighted by molar-refractivity contribution is 7.94. The van der Waals surface area contributed by atoms with Crippen LogP contribution < -0.4 is 10.0 Å². The third-order valence-electron chi connectivity index (χ3n) is 3.27. The Labute approximate surface area is 135 Å². The van der Waals surface area contributed by atoms with Gasteiger partial charge in [-0.05, 0) is 31.9 Å². The third-order valence-corrected chi connectivity index (χ3v) is 4.83. The molecule has 1 aromatic rings. The maximum atomic E-state index is 12.2. The zero-order valence-corrected chi connectivity index (χ0v) is 14.2. The molecular formula is C15H20N2O5S. The summed E-state index contributed by atoms with van der Waals surface area (Å²) in [7, 11) is -2.85. The van der Waals surface area contributed by atoms with Crippen molar-refractivity contribution >= 4 is 27.6 Å². The lowest BCUT2D eigenvalue weighted by molar-refractivity contribution is -0.142. The highest BCUT2D eigenvalue weighted by atomic mass is 32.2. The first-order valence-corrected chi connectivity index (χ1v) is 8.31. The van der Waals surface area contributed by atoms with Crippen LogP contribution in [0.1, 0.15) is 26.3 Å². The van der Waals surface area contributed by atoms with E-state index in [9.17, 15) is 18.0 Å². The van der Waals surface area contributed by atoms with Crippen molar-refractivity contribution < 1.29 is 22.7 Å². The standard InChI is InChI=1S/C15H20N2O5S/c1-10(13-8-6-5-7-9-13)12(3)23(20,21)17-15(19)16-11(2)14(18)22-4/h5-9,11H,1-4H3,(H2,16,17,19). The van der Waals surface area contributed by atoms with Gasteiger partial charge < -0.3 is 10.1 Å². The molecule has 7 nitrogen and oxygen atoms in total. The van der Waals surface area contributed by atoms with Gasteiger partial charge in [0.15, 0.2) is 0 Å².